The van der Waals surface area contributed by atoms with Gasteiger partial charge in [-0.05, 0) is 19.1 Å². The minimum atomic E-state index is -0.263. The Morgan fingerprint density at radius 3 is 3.00 bits per heavy atom. The maximum absolute atomic E-state index is 13.3. The Morgan fingerprint density at radius 2 is 2.21 bits per heavy atom. The first-order valence-electron chi connectivity index (χ1n) is 6.25. The fourth-order valence-corrected chi connectivity index (χ4v) is 3.16. The predicted octanol–water partition coefficient (Wildman–Crippen LogP) is 3.46. The average Bonchev–Trinajstić information content (AvgIpc) is 2.87. The van der Waals surface area contributed by atoms with Gasteiger partial charge in [0, 0.05) is 29.2 Å². The summed E-state index contributed by atoms with van der Waals surface area (Å²) < 4.78 is 13.3. The lowest BCUT2D eigenvalue weighted by molar-refractivity contribution is 0.628. The monoisotopic (exact) mass is 275 g/mol. The van der Waals surface area contributed by atoms with Gasteiger partial charge in [-0.25, -0.2) is 14.4 Å². The number of halogens is 1. The Kier molecular flexibility index (Phi) is 3.38. The van der Waals surface area contributed by atoms with Crippen molar-refractivity contribution in [2.75, 3.05) is 11.9 Å². The van der Waals surface area contributed by atoms with Crippen molar-refractivity contribution >= 4 is 17.6 Å². The first kappa shape index (κ1) is 12.4. The number of anilines is 1. The molecule has 1 aromatic carbocycles. The highest BCUT2D eigenvalue weighted by molar-refractivity contribution is 7.98. The van der Waals surface area contributed by atoms with Crippen LogP contribution in [0.5, 0.6) is 0 Å². The molecule has 2 aromatic rings. The summed E-state index contributed by atoms with van der Waals surface area (Å²) >= 11 is 1.83. The molecule has 0 aliphatic carbocycles. The third-order valence-electron chi connectivity index (χ3n) is 3.00. The van der Waals surface area contributed by atoms with E-state index in [2.05, 4.69) is 15.3 Å². The molecule has 1 aromatic heterocycles. The minimum Gasteiger partial charge on any atom is -0.370 e. The lowest BCUT2D eigenvalue weighted by Gasteiger charge is -2.10. The van der Waals surface area contributed by atoms with Crippen molar-refractivity contribution in [1.82, 2.24) is 9.97 Å². The number of aromatic nitrogens is 2. The largest absolute Gasteiger partial charge is 0.370 e. The number of benzene rings is 1. The Bertz CT molecular complexity index is 616. The van der Waals surface area contributed by atoms with Gasteiger partial charge in [0.25, 0.3) is 0 Å². The zero-order chi connectivity index (χ0) is 13.2. The SMILES string of the molecule is CCNc1nc(-c2cccc(F)c2)nc2c1CSC2. The van der Waals surface area contributed by atoms with E-state index < -0.39 is 0 Å². The van der Waals surface area contributed by atoms with Crippen molar-refractivity contribution in [3.8, 4) is 11.4 Å². The fraction of sp³-hybridized carbons (Fsp3) is 0.286. The van der Waals surface area contributed by atoms with Crippen molar-refractivity contribution in [3.63, 3.8) is 0 Å². The summed E-state index contributed by atoms with van der Waals surface area (Å²) in [6.45, 7) is 2.86. The zero-order valence-corrected chi connectivity index (χ0v) is 11.4. The van der Waals surface area contributed by atoms with Crippen LogP contribution in [0.25, 0.3) is 11.4 Å². The molecule has 3 nitrogen and oxygen atoms in total. The normalized spacial score (nSPS) is 13.4. The van der Waals surface area contributed by atoms with Gasteiger partial charge in [-0.2, -0.15) is 11.8 Å². The van der Waals surface area contributed by atoms with Gasteiger partial charge in [0.1, 0.15) is 11.6 Å². The molecule has 0 atom stereocenters. The molecule has 0 spiro atoms. The number of fused-ring (bicyclic) bond motifs is 1. The standard InChI is InChI=1S/C14H14FN3S/c1-2-16-14-11-7-19-8-12(11)17-13(18-14)9-4-3-5-10(15)6-9/h3-6H,2,7-8H2,1H3,(H,16,17,18). The smallest absolute Gasteiger partial charge is 0.161 e. The van der Waals surface area contributed by atoms with Crippen LogP contribution in [0.15, 0.2) is 24.3 Å². The molecule has 0 radical (unpaired) electrons. The van der Waals surface area contributed by atoms with E-state index in [4.69, 9.17) is 0 Å². The molecule has 5 heteroatoms. The Morgan fingerprint density at radius 1 is 1.32 bits per heavy atom. The molecule has 0 unspecified atom stereocenters. The second-order valence-electron chi connectivity index (χ2n) is 4.35. The van der Waals surface area contributed by atoms with E-state index in [0.29, 0.717) is 5.82 Å². The Hall–Kier alpha value is -1.62. The average molecular weight is 275 g/mol. The van der Waals surface area contributed by atoms with E-state index in [9.17, 15) is 4.39 Å². The second-order valence-corrected chi connectivity index (χ2v) is 5.34. The number of hydrogen-bond donors (Lipinski definition) is 1. The molecule has 1 aliphatic heterocycles. The van der Waals surface area contributed by atoms with Crippen molar-refractivity contribution in [1.29, 1.82) is 0 Å². The van der Waals surface area contributed by atoms with E-state index in [1.54, 1.807) is 6.07 Å². The molecule has 0 fully saturated rings. The van der Waals surface area contributed by atoms with E-state index >= 15 is 0 Å². The summed E-state index contributed by atoms with van der Waals surface area (Å²) in [7, 11) is 0. The topological polar surface area (TPSA) is 37.8 Å². The number of nitrogens with one attached hydrogen (secondary N) is 1. The van der Waals surface area contributed by atoms with Crippen LogP contribution in [0.4, 0.5) is 10.2 Å². The van der Waals surface area contributed by atoms with Crippen LogP contribution in [0.3, 0.4) is 0 Å². The van der Waals surface area contributed by atoms with Crippen LogP contribution < -0.4 is 5.32 Å². The van der Waals surface area contributed by atoms with E-state index in [-0.39, 0.29) is 5.82 Å². The number of thioether (sulfide) groups is 1. The molecule has 0 amide bonds. The third-order valence-corrected chi connectivity index (χ3v) is 3.98. The van der Waals surface area contributed by atoms with E-state index in [1.165, 1.54) is 17.7 Å². The molecule has 19 heavy (non-hydrogen) atoms. The first-order valence-corrected chi connectivity index (χ1v) is 7.40. The van der Waals surface area contributed by atoms with E-state index in [0.717, 1.165) is 35.1 Å². The molecule has 98 valence electrons. The summed E-state index contributed by atoms with van der Waals surface area (Å²) in [5, 5.41) is 3.27. The third kappa shape index (κ3) is 2.42. The molecule has 1 aliphatic rings. The number of rotatable bonds is 3. The van der Waals surface area contributed by atoms with Gasteiger partial charge < -0.3 is 5.32 Å². The Labute approximate surface area is 115 Å². The predicted molar refractivity (Wildman–Crippen MR) is 76.6 cm³/mol. The van der Waals surface area contributed by atoms with Gasteiger partial charge in [-0.15, -0.1) is 0 Å². The van der Waals surface area contributed by atoms with Gasteiger partial charge in [-0.1, -0.05) is 12.1 Å². The van der Waals surface area contributed by atoms with Gasteiger partial charge in [0.2, 0.25) is 0 Å². The first-order chi connectivity index (χ1) is 9.28. The van der Waals surface area contributed by atoms with Crippen molar-refractivity contribution in [3.05, 3.63) is 41.3 Å². The highest BCUT2D eigenvalue weighted by Crippen LogP contribution is 2.34. The van der Waals surface area contributed by atoms with Gasteiger partial charge in [0.15, 0.2) is 5.82 Å². The van der Waals surface area contributed by atoms with Crippen LogP contribution in [-0.4, -0.2) is 16.5 Å². The van der Waals surface area contributed by atoms with Crippen LogP contribution in [-0.2, 0) is 11.5 Å². The molecular weight excluding hydrogens is 261 g/mol. The van der Waals surface area contributed by atoms with Crippen molar-refractivity contribution in [2.24, 2.45) is 0 Å². The van der Waals surface area contributed by atoms with Crippen LogP contribution in [0.2, 0.25) is 0 Å². The summed E-state index contributed by atoms with van der Waals surface area (Å²) in [4.78, 5) is 9.11. The summed E-state index contributed by atoms with van der Waals surface area (Å²) in [5.41, 5.74) is 2.97. The maximum atomic E-state index is 13.3. The second kappa shape index (κ2) is 5.17. The molecular formula is C14H14FN3S. The molecule has 1 N–H and O–H groups in total. The van der Waals surface area contributed by atoms with Gasteiger partial charge >= 0.3 is 0 Å². The minimum absolute atomic E-state index is 0.263. The molecule has 0 bridgehead atoms. The number of nitrogens with zero attached hydrogens (tertiary/aromatic N) is 2. The molecule has 3 rings (SSSR count). The van der Waals surface area contributed by atoms with Crippen molar-refractivity contribution in [2.45, 2.75) is 18.4 Å². The van der Waals surface area contributed by atoms with Gasteiger partial charge in [0.05, 0.1) is 5.69 Å². The maximum Gasteiger partial charge on any atom is 0.161 e. The summed E-state index contributed by atoms with van der Waals surface area (Å²) in [6.07, 6.45) is 0. The van der Waals surface area contributed by atoms with Crippen LogP contribution in [0.1, 0.15) is 18.2 Å². The van der Waals surface area contributed by atoms with E-state index in [1.807, 2.05) is 24.8 Å². The van der Waals surface area contributed by atoms with Gasteiger partial charge in [-0.3, -0.25) is 0 Å². The lowest BCUT2D eigenvalue weighted by atomic mass is 10.2. The van der Waals surface area contributed by atoms with Crippen LogP contribution in [0, 0.1) is 5.82 Å². The fourth-order valence-electron chi connectivity index (χ4n) is 2.12. The highest BCUT2D eigenvalue weighted by atomic mass is 32.2. The molecule has 0 saturated carbocycles. The summed E-state index contributed by atoms with van der Waals surface area (Å²) in [6, 6.07) is 6.42. The molecule has 0 saturated heterocycles. The lowest BCUT2D eigenvalue weighted by Crippen LogP contribution is -2.06. The molecule has 2 heterocycles. The van der Waals surface area contributed by atoms with Crippen molar-refractivity contribution < 1.29 is 4.39 Å². The number of hydrogen-bond acceptors (Lipinski definition) is 4. The highest BCUT2D eigenvalue weighted by Gasteiger charge is 2.20. The Balaban J connectivity index is 2.10. The van der Waals surface area contributed by atoms with Crippen LogP contribution >= 0.6 is 11.8 Å². The quantitative estimate of drug-likeness (QED) is 0.931. The zero-order valence-electron chi connectivity index (χ0n) is 10.6. The summed E-state index contributed by atoms with van der Waals surface area (Å²) in [5.74, 6) is 3.06.